The number of carbonyl (C=O) groups excluding carboxylic acids is 1. The first-order chi connectivity index (χ1) is 14.7. The maximum Gasteiger partial charge on any atom is 0.221 e. The predicted octanol–water partition coefficient (Wildman–Crippen LogP) is 4.11. The molecule has 2 aromatic rings. The number of anilines is 2. The summed E-state index contributed by atoms with van der Waals surface area (Å²) in [5, 5.41) is 5.14. The number of nitrogens with one attached hydrogen (secondary N) is 2. The van der Waals surface area contributed by atoms with Crippen LogP contribution in [0.25, 0.3) is 0 Å². The van der Waals surface area contributed by atoms with Crippen molar-refractivity contribution in [3.8, 4) is 0 Å². The molecular formula is C21H22F4N4OS. The van der Waals surface area contributed by atoms with E-state index in [2.05, 4.69) is 15.5 Å². The molecule has 2 aromatic carbocycles. The molecule has 31 heavy (non-hydrogen) atoms. The van der Waals surface area contributed by atoms with E-state index in [4.69, 9.17) is 12.2 Å². The van der Waals surface area contributed by atoms with Gasteiger partial charge < -0.3 is 15.5 Å². The third kappa shape index (κ3) is 5.92. The molecule has 1 saturated heterocycles. The lowest BCUT2D eigenvalue weighted by atomic mass is 10.2. The summed E-state index contributed by atoms with van der Waals surface area (Å²) in [6, 6.07) is 7.84. The second-order valence-electron chi connectivity index (χ2n) is 7.27. The Kier molecular flexibility index (Phi) is 7.45. The van der Waals surface area contributed by atoms with Crippen molar-refractivity contribution in [2.75, 3.05) is 36.8 Å². The van der Waals surface area contributed by atoms with Crippen LogP contribution in [0.5, 0.6) is 0 Å². The summed E-state index contributed by atoms with van der Waals surface area (Å²) in [6.45, 7) is 4.64. The second kappa shape index (κ2) is 10.1. The van der Waals surface area contributed by atoms with Gasteiger partial charge in [-0.1, -0.05) is 12.1 Å². The Morgan fingerprint density at radius 3 is 2.35 bits per heavy atom. The van der Waals surface area contributed by atoms with Gasteiger partial charge in [-0.2, -0.15) is 0 Å². The van der Waals surface area contributed by atoms with E-state index in [1.165, 1.54) is 6.92 Å². The largest absolute Gasteiger partial charge is 0.348 e. The molecule has 0 atom stereocenters. The van der Waals surface area contributed by atoms with Crippen LogP contribution in [0, 0.1) is 23.3 Å². The van der Waals surface area contributed by atoms with E-state index in [9.17, 15) is 22.4 Å². The summed E-state index contributed by atoms with van der Waals surface area (Å²) in [7, 11) is 0. The van der Waals surface area contributed by atoms with Gasteiger partial charge in [0.2, 0.25) is 5.91 Å². The Hall–Kier alpha value is -2.72. The summed E-state index contributed by atoms with van der Waals surface area (Å²) in [6.07, 6.45) is 0.758. The fourth-order valence-electron chi connectivity index (χ4n) is 3.35. The molecule has 0 bridgehead atoms. The van der Waals surface area contributed by atoms with E-state index in [1.807, 2.05) is 24.3 Å². The zero-order chi connectivity index (χ0) is 22.5. The fraction of sp³-hybridized carbons (Fsp3) is 0.333. The third-order valence-corrected chi connectivity index (χ3v) is 5.26. The number of hydrogen-bond donors (Lipinski definition) is 2. The quantitative estimate of drug-likeness (QED) is 0.315. The van der Waals surface area contributed by atoms with Gasteiger partial charge >= 0.3 is 0 Å². The summed E-state index contributed by atoms with van der Waals surface area (Å²) in [5.74, 6) is -6.37. The van der Waals surface area contributed by atoms with Crippen LogP contribution in [0.3, 0.4) is 0 Å². The van der Waals surface area contributed by atoms with Gasteiger partial charge in [0.1, 0.15) is 5.69 Å². The number of benzene rings is 2. The molecular weight excluding hydrogens is 432 g/mol. The van der Waals surface area contributed by atoms with Gasteiger partial charge in [0.05, 0.1) is 0 Å². The monoisotopic (exact) mass is 454 g/mol. The molecule has 0 spiro atoms. The minimum Gasteiger partial charge on any atom is -0.348 e. The molecule has 0 aromatic heterocycles. The number of carbonyl (C=O) groups is 1. The molecule has 0 saturated carbocycles. The summed E-state index contributed by atoms with van der Waals surface area (Å²) in [4.78, 5) is 15.1. The van der Waals surface area contributed by atoms with Gasteiger partial charge in [-0.25, -0.2) is 17.6 Å². The van der Waals surface area contributed by atoms with Crippen LogP contribution in [0.1, 0.15) is 18.9 Å². The highest BCUT2D eigenvalue weighted by Crippen LogP contribution is 2.24. The fourth-order valence-corrected chi connectivity index (χ4v) is 3.64. The van der Waals surface area contributed by atoms with Crippen LogP contribution in [0.2, 0.25) is 0 Å². The van der Waals surface area contributed by atoms with Crippen LogP contribution in [0.4, 0.5) is 28.9 Å². The van der Waals surface area contributed by atoms with Gasteiger partial charge in [-0.05, 0) is 36.3 Å². The highest BCUT2D eigenvalue weighted by atomic mass is 32.1. The molecule has 1 aliphatic rings. The second-order valence-corrected chi connectivity index (χ2v) is 7.65. The molecule has 3 rings (SSSR count). The molecule has 166 valence electrons. The topological polar surface area (TPSA) is 47.6 Å². The normalized spacial score (nSPS) is 14.8. The Morgan fingerprint density at radius 2 is 1.68 bits per heavy atom. The van der Waals surface area contributed by atoms with Crippen LogP contribution in [0.15, 0.2) is 30.3 Å². The summed E-state index contributed by atoms with van der Waals surface area (Å²) < 4.78 is 54.3. The van der Waals surface area contributed by atoms with E-state index < -0.39 is 29.0 Å². The van der Waals surface area contributed by atoms with Gasteiger partial charge in [-0.3, -0.25) is 9.69 Å². The molecule has 2 N–H and O–H groups in total. The Bertz CT molecular complexity index is 971. The zero-order valence-electron chi connectivity index (χ0n) is 16.9. The smallest absolute Gasteiger partial charge is 0.221 e. The van der Waals surface area contributed by atoms with Crippen LogP contribution >= 0.6 is 12.2 Å². The lowest BCUT2D eigenvalue weighted by molar-refractivity contribution is -0.114. The molecule has 0 radical (unpaired) electrons. The molecule has 1 fully saturated rings. The first-order valence-electron chi connectivity index (χ1n) is 9.72. The van der Waals surface area contributed by atoms with Crippen molar-refractivity contribution < 1.29 is 22.4 Å². The number of nitrogens with zero attached hydrogens (tertiary/aromatic N) is 2. The van der Waals surface area contributed by atoms with Crippen molar-refractivity contribution in [3.05, 3.63) is 59.2 Å². The number of hydrogen-bond acceptors (Lipinski definition) is 3. The highest BCUT2D eigenvalue weighted by Gasteiger charge is 2.23. The molecule has 1 aliphatic heterocycles. The number of rotatable bonds is 4. The third-order valence-electron chi connectivity index (χ3n) is 4.90. The first-order valence-corrected chi connectivity index (χ1v) is 10.1. The molecule has 1 amide bonds. The van der Waals surface area contributed by atoms with E-state index in [0.717, 1.165) is 24.2 Å². The maximum absolute atomic E-state index is 13.9. The van der Waals surface area contributed by atoms with Crippen LogP contribution in [-0.4, -0.2) is 47.0 Å². The molecule has 0 aliphatic carbocycles. The minimum atomic E-state index is -1.75. The van der Waals surface area contributed by atoms with Crippen molar-refractivity contribution in [1.82, 2.24) is 9.80 Å². The number of halogens is 4. The SMILES string of the molecule is CC(=O)Nc1ccc(CN2CCCN(C(=S)Nc3c(F)cc(F)c(F)c3F)CC2)cc1. The van der Waals surface area contributed by atoms with Crippen molar-refractivity contribution in [3.63, 3.8) is 0 Å². The number of amides is 1. The van der Waals surface area contributed by atoms with E-state index in [1.54, 1.807) is 4.90 Å². The zero-order valence-corrected chi connectivity index (χ0v) is 17.7. The van der Waals surface area contributed by atoms with Gasteiger partial charge in [0.15, 0.2) is 28.4 Å². The lowest BCUT2D eigenvalue weighted by Gasteiger charge is -2.25. The number of thiocarbonyl (C=S) groups is 1. The van der Waals surface area contributed by atoms with Crippen LogP contribution < -0.4 is 10.6 Å². The first kappa shape index (κ1) is 23.0. The standard InChI is InChI=1S/C21H22F4N4OS/c1-13(30)26-15-5-3-14(4-6-15)12-28-7-2-8-29(10-9-28)21(31)27-20-17(23)11-16(22)18(24)19(20)25/h3-6,11H,2,7-10,12H2,1H3,(H,26,30)(H,27,31). The summed E-state index contributed by atoms with van der Waals surface area (Å²) in [5.41, 5.74) is 1.00. The van der Waals surface area contributed by atoms with E-state index in [0.29, 0.717) is 26.2 Å². The molecule has 1 heterocycles. The Labute approximate surface area is 183 Å². The van der Waals surface area contributed by atoms with Crippen molar-refractivity contribution >= 4 is 34.6 Å². The highest BCUT2D eigenvalue weighted by molar-refractivity contribution is 7.80. The average Bonchev–Trinajstić information content (AvgIpc) is 2.96. The lowest BCUT2D eigenvalue weighted by Crippen LogP contribution is -2.38. The molecule has 0 unspecified atom stereocenters. The molecule has 5 nitrogen and oxygen atoms in total. The Morgan fingerprint density at radius 1 is 0.968 bits per heavy atom. The van der Waals surface area contributed by atoms with Crippen LogP contribution in [-0.2, 0) is 11.3 Å². The van der Waals surface area contributed by atoms with Gasteiger partial charge in [0, 0.05) is 51.4 Å². The maximum atomic E-state index is 13.9. The van der Waals surface area contributed by atoms with Crippen molar-refractivity contribution in [2.24, 2.45) is 0 Å². The van der Waals surface area contributed by atoms with Crippen molar-refractivity contribution in [2.45, 2.75) is 19.9 Å². The van der Waals surface area contributed by atoms with E-state index >= 15 is 0 Å². The van der Waals surface area contributed by atoms with E-state index in [-0.39, 0.29) is 17.1 Å². The summed E-state index contributed by atoms with van der Waals surface area (Å²) >= 11 is 5.24. The minimum absolute atomic E-state index is 0.0466. The van der Waals surface area contributed by atoms with Gasteiger partial charge in [-0.15, -0.1) is 0 Å². The average molecular weight is 454 g/mol. The van der Waals surface area contributed by atoms with Crippen molar-refractivity contribution in [1.29, 1.82) is 0 Å². The molecule has 10 heteroatoms. The predicted molar refractivity (Wildman–Crippen MR) is 115 cm³/mol. The van der Waals surface area contributed by atoms with Gasteiger partial charge in [0.25, 0.3) is 0 Å². The Balaban J connectivity index is 1.58.